The summed E-state index contributed by atoms with van der Waals surface area (Å²) in [5, 5.41) is 9.99. The van der Waals surface area contributed by atoms with Crippen LogP contribution in [0.5, 0.6) is 0 Å². The third-order valence-corrected chi connectivity index (χ3v) is 3.83. The Hall–Kier alpha value is -1.09. The maximum Gasteiger partial charge on any atom is 0.240 e. The minimum Gasteiger partial charge on any atom is -0.387 e. The van der Waals surface area contributed by atoms with Gasteiger partial charge in [0.1, 0.15) is 11.6 Å². The number of halogens is 2. The third kappa shape index (κ3) is 5.12. The van der Waals surface area contributed by atoms with E-state index in [1.165, 1.54) is 6.92 Å². The van der Waals surface area contributed by atoms with E-state index >= 15 is 0 Å². The lowest BCUT2D eigenvalue weighted by Crippen LogP contribution is -2.47. The first kappa shape index (κ1) is 17.0. The van der Waals surface area contributed by atoms with Gasteiger partial charge in [-0.05, 0) is 33.2 Å². The molecular formula is C12H18F2N2O3S. The van der Waals surface area contributed by atoms with Crippen LogP contribution in [0.15, 0.2) is 23.1 Å². The number of rotatable bonds is 6. The molecule has 114 valence electrons. The minimum absolute atomic E-state index is 0.229. The van der Waals surface area contributed by atoms with Gasteiger partial charge >= 0.3 is 0 Å². The first-order valence-corrected chi connectivity index (χ1v) is 7.33. The lowest BCUT2D eigenvalue weighted by Gasteiger charge is -2.27. The SMILES string of the molecule is CN(C)CC(C)(O)CNS(=O)(=O)c1cc(F)cc(F)c1. The van der Waals surface area contributed by atoms with E-state index in [-0.39, 0.29) is 13.1 Å². The summed E-state index contributed by atoms with van der Waals surface area (Å²) < 4.78 is 52.0. The molecule has 0 aliphatic rings. The van der Waals surface area contributed by atoms with Crippen LogP contribution in [0.1, 0.15) is 6.92 Å². The molecule has 0 amide bonds. The number of aliphatic hydroxyl groups is 1. The van der Waals surface area contributed by atoms with E-state index in [1.807, 2.05) is 0 Å². The molecule has 2 N–H and O–H groups in total. The predicted molar refractivity (Wildman–Crippen MR) is 70.7 cm³/mol. The molecule has 1 unspecified atom stereocenters. The molecule has 0 spiro atoms. The summed E-state index contributed by atoms with van der Waals surface area (Å²) in [7, 11) is -0.629. The van der Waals surface area contributed by atoms with Crippen LogP contribution in [-0.2, 0) is 10.0 Å². The van der Waals surface area contributed by atoms with Crippen LogP contribution in [0.25, 0.3) is 0 Å². The van der Waals surface area contributed by atoms with Crippen LogP contribution in [0.2, 0.25) is 0 Å². The fourth-order valence-corrected chi connectivity index (χ4v) is 2.96. The van der Waals surface area contributed by atoms with Gasteiger partial charge in [-0.25, -0.2) is 21.9 Å². The molecule has 0 bridgehead atoms. The lowest BCUT2D eigenvalue weighted by molar-refractivity contribution is 0.0386. The third-order valence-electron chi connectivity index (χ3n) is 2.45. The number of nitrogens with zero attached hydrogens (tertiary/aromatic N) is 1. The molecule has 0 fully saturated rings. The Balaban J connectivity index is 2.85. The standard InChI is InChI=1S/C12H18F2N2O3S/c1-12(17,8-16(2)3)7-15-20(18,19)11-5-9(13)4-10(14)6-11/h4-6,15,17H,7-8H2,1-3H3. The minimum atomic E-state index is -4.08. The highest BCUT2D eigenvalue weighted by atomic mass is 32.2. The van der Waals surface area contributed by atoms with Crippen LogP contribution in [0.4, 0.5) is 8.78 Å². The topological polar surface area (TPSA) is 69.6 Å². The summed E-state index contributed by atoms with van der Waals surface area (Å²) in [6, 6.07) is 2.01. The first-order chi connectivity index (χ1) is 9.02. The maximum absolute atomic E-state index is 13.0. The van der Waals surface area contributed by atoms with E-state index in [0.29, 0.717) is 18.2 Å². The molecule has 1 aromatic rings. The van der Waals surface area contributed by atoms with Crippen LogP contribution in [0.3, 0.4) is 0 Å². The molecule has 1 aromatic carbocycles. The van der Waals surface area contributed by atoms with Gasteiger partial charge in [-0.2, -0.15) is 0 Å². The second-order valence-corrected chi connectivity index (χ2v) is 6.93. The smallest absolute Gasteiger partial charge is 0.240 e. The Bertz CT molecular complexity index is 554. The Morgan fingerprint density at radius 2 is 1.75 bits per heavy atom. The quantitative estimate of drug-likeness (QED) is 0.805. The van der Waals surface area contributed by atoms with Crippen molar-refractivity contribution in [2.75, 3.05) is 27.2 Å². The molecule has 8 heteroatoms. The van der Waals surface area contributed by atoms with E-state index in [1.54, 1.807) is 19.0 Å². The summed E-state index contributed by atoms with van der Waals surface area (Å²) in [4.78, 5) is 1.17. The fourth-order valence-electron chi connectivity index (χ4n) is 1.75. The summed E-state index contributed by atoms with van der Waals surface area (Å²) in [6.45, 7) is 1.42. The molecule has 0 aromatic heterocycles. The van der Waals surface area contributed by atoms with Gasteiger partial charge in [0.25, 0.3) is 0 Å². The van der Waals surface area contributed by atoms with Gasteiger partial charge in [0.2, 0.25) is 10.0 Å². The Labute approximate surface area is 117 Å². The summed E-state index contributed by atoms with van der Waals surface area (Å²) in [6.07, 6.45) is 0. The monoisotopic (exact) mass is 308 g/mol. The molecule has 0 aliphatic carbocycles. The maximum atomic E-state index is 13.0. The molecule has 0 heterocycles. The highest BCUT2D eigenvalue weighted by Crippen LogP contribution is 2.14. The van der Waals surface area contributed by atoms with E-state index < -0.39 is 32.2 Å². The molecule has 20 heavy (non-hydrogen) atoms. The lowest BCUT2D eigenvalue weighted by atomic mass is 10.1. The Kier molecular flexibility index (Phi) is 5.20. The number of hydrogen-bond donors (Lipinski definition) is 2. The Morgan fingerprint density at radius 3 is 2.20 bits per heavy atom. The van der Waals surface area contributed by atoms with Crippen molar-refractivity contribution in [1.82, 2.24) is 9.62 Å². The second-order valence-electron chi connectivity index (χ2n) is 5.16. The number of sulfonamides is 1. The summed E-state index contributed by atoms with van der Waals surface area (Å²) >= 11 is 0. The highest BCUT2D eigenvalue weighted by molar-refractivity contribution is 7.89. The van der Waals surface area contributed by atoms with Crippen LogP contribution in [0, 0.1) is 11.6 Å². The summed E-state index contributed by atoms with van der Waals surface area (Å²) in [5.41, 5.74) is -1.30. The molecule has 0 saturated carbocycles. The van der Waals surface area contributed by atoms with Crippen LogP contribution >= 0.6 is 0 Å². The normalized spacial score (nSPS) is 15.3. The van der Waals surface area contributed by atoms with Crippen molar-refractivity contribution < 1.29 is 22.3 Å². The van der Waals surface area contributed by atoms with Gasteiger partial charge in [-0.15, -0.1) is 0 Å². The van der Waals surface area contributed by atoms with E-state index in [2.05, 4.69) is 4.72 Å². The van der Waals surface area contributed by atoms with Crippen molar-refractivity contribution in [3.05, 3.63) is 29.8 Å². The van der Waals surface area contributed by atoms with Gasteiger partial charge in [0.15, 0.2) is 0 Å². The van der Waals surface area contributed by atoms with Crippen molar-refractivity contribution in [1.29, 1.82) is 0 Å². The molecule has 0 radical (unpaired) electrons. The first-order valence-electron chi connectivity index (χ1n) is 5.85. The molecular weight excluding hydrogens is 290 g/mol. The van der Waals surface area contributed by atoms with E-state index in [9.17, 15) is 22.3 Å². The van der Waals surface area contributed by atoms with Crippen LogP contribution in [-0.4, -0.2) is 51.2 Å². The van der Waals surface area contributed by atoms with E-state index in [4.69, 9.17) is 0 Å². The van der Waals surface area contributed by atoms with Crippen molar-refractivity contribution in [3.8, 4) is 0 Å². The number of nitrogens with one attached hydrogen (secondary N) is 1. The number of likely N-dealkylation sites (N-methyl/N-ethyl adjacent to an activating group) is 1. The zero-order chi connectivity index (χ0) is 15.6. The predicted octanol–water partition coefficient (Wildman–Crippen LogP) is 0.556. The fraction of sp³-hybridized carbons (Fsp3) is 0.500. The second kappa shape index (κ2) is 6.13. The molecule has 1 rings (SSSR count). The van der Waals surface area contributed by atoms with Crippen LogP contribution < -0.4 is 4.72 Å². The molecule has 1 atom stereocenters. The van der Waals surface area contributed by atoms with Gasteiger partial charge < -0.3 is 10.0 Å². The van der Waals surface area contributed by atoms with Crippen molar-refractivity contribution >= 4 is 10.0 Å². The van der Waals surface area contributed by atoms with Crippen molar-refractivity contribution in [2.24, 2.45) is 0 Å². The average Bonchev–Trinajstić information content (AvgIpc) is 2.23. The zero-order valence-electron chi connectivity index (χ0n) is 11.5. The van der Waals surface area contributed by atoms with Gasteiger partial charge in [0, 0.05) is 19.2 Å². The molecule has 0 saturated heterocycles. The summed E-state index contributed by atoms with van der Waals surface area (Å²) in [5.74, 6) is -1.96. The van der Waals surface area contributed by atoms with Crippen molar-refractivity contribution in [3.63, 3.8) is 0 Å². The molecule has 5 nitrogen and oxygen atoms in total. The zero-order valence-corrected chi connectivity index (χ0v) is 12.3. The van der Waals surface area contributed by atoms with Crippen molar-refractivity contribution in [2.45, 2.75) is 17.4 Å². The van der Waals surface area contributed by atoms with Gasteiger partial charge in [-0.3, -0.25) is 0 Å². The van der Waals surface area contributed by atoms with E-state index in [0.717, 1.165) is 0 Å². The van der Waals surface area contributed by atoms with Gasteiger partial charge in [0.05, 0.1) is 10.5 Å². The highest BCUT2D eigenvalue weighted by Gasteiger charge is 2.25. The average molecular weight is 308 g/mol. The largest absolute Gasteiger partial charge is 0.387 e. The number of hydrogen-bond acceptors (Lipinski definition) is 4. The number of benzene rings is 1. The molecule has 0 aliphatic heterocycles. The van der Waals surface area contributed by atoms with Gasteiger partial charge in [-0.1, -0.05) is 0 Å². The Morgan fingerprint density at radius 1 is 1.25 bits per heavy atom.